The lowest BCUT2D eigenvalue weighted by Gasteiger charge is -2.35. The summed E-state index contributed by atoms with van der Waals surface area (Å²) in [6, 6.07) is 3.79. The van der Waals surface area contributed by atoms with Gasteiger partial charge in [-0.15, -0.1) is 5.10 Å². The van der Waals surface area contributed by atoms with Crippen LogP contribution in [-0.2, 0) is 0 Å². The number of amides is 1. The van der Waals surface area contributed by atoms with Crippen LogP contribution in [0.5, 0.6) is 11.5 Å². The molecule has 2 saturated heterocycles. The van der Waals surface area contributed by atoms with E-state index in [0.717, 1.165) is 25.7 Å². The smallest absolute Gasteiger partial charge is 0.437 e. The van der Waals surface area contributed by atoms with Gasteiger partial charge in [-0.3, -0.25) is 0 Å². The summed E-state index contributed by atoms with van der Waals surface area (Å²) in [6.45, 7) is 0. The molecular weight excluding hydrogens is 388 g/mol. The van der Waals surface area contributed by atoms with Gasteiger partial charge in [0.1, 0.15) is 5.75 Å². The molecule has 9 nitrogen and oxygen atoms in total. The highest BCUT2D eigenvalue weighted by atomic mass is 35.5. The van der Waals surface area contributed by atoms with Gasteiger partial charge in [-0.2, -0.15) is 4.68 Å². The van der Waals surface area contributed by atoms with E-state index in [9.17, 15) is 9.59 Å². The van der Waals surface area contributed by atoms with Crippen LogP contribution in [0.1, 0.15) is 31.7 Å². The van der Waals surface area contributed by atoms with E-state index in [1.54, 1.807) is 0 Å². The topological polar surface area (TPSA) is 113 Å². The molecule has 0 aliphatic carbocycles. The Bertz CT molecular complexity index is 957. The highest BCUT2D eigenvalue weighted by molar-refractivity contribution is 6.32. The molecule has 1 aromatic heterocycles. The summed E-state index contributed by atoms with van der Waals surface area (Å²) in [5.74, 6) is -0.0822. The minimum absolute atomic E-state index is 0.00219. The number of rotatable bonds is 4. The molecule has 0 saturated carbocycles. The third-order valence-corrected chi connectivity index (χ3v) is 5.98. The van der Waals surface area contributed by atoms with Gasteiger partial charge < -0.3 is 24.5 Å². The van der Waals surface area contributed by atoms with E-state index < -0.39 is 11.8 Å². The van der Waals surface area contributed by atoms with Crippen molar-refractivity contribution in [3.63, 3.8) is 0 Å². The van der Waals surface area contributed by atoms with Crippen LogP contribution >= 0.6 is 11.6 Å². The Morgan fingerprint density at radius 1 is 1.25 bits per heavy atom. The molecule has 2 aromatic rings. The molecule has 2 aliphatic heterocycles. The van der Waals surface area contributed by atoms with E-state index in [4.69, 9.17) is 31.2 Å². The number of carbonyl (C=O) groups excluding carboxylic acids is 1. The molecule has 4 rings (SSSR count). The molecule has 2 aliphatic rings. The first-order chi connectivity index (χ1) is 13.4. The Labute approximate surface area is 165 Å². The van der Waals surface area contributed by atoms with Gasteiger partial charge in [0.05, 0.1) is 23.7 Å². The Morgan fingerprint density at radius 2 is 1.93 bits per heavy atom. The van der Waals surface area contributed by atoms with Crippen molar-refractivity contribution in [2.75, 3.05) is 14.2 Å². The highest BCUT2D eigenvalue weighted by Crippen LogP contribution is 2.40. The standard InChI is InChI=1S/C18H21ClN4O5/c1-22-9-3-4-10(22)6-11(5-9)23-18(25)28-16(21-23)12-7-13(19)15(27-17(20)24)8-14(12)26-2/h7-11H,3-6H2,1-2H3,(H2,20,24). The lowest BCUT2D eigenvalue weighted by Crippen LogP contribution is -2.42. The first-order valence-electron chi connectivity index (χ1n) is 9.04. The zero-order valence-corrected chi connectivity index (χ0v) is 16.3. The Hall–Kier alpha value is -2.52. The van der Waals surface area contributed by atoms with Gasteiger partial charge in [0.25, 0.3) is 5.89 Å². The Balaban J connectivity index is 1.68. The monoisotopic (exact) mass is 408 g/mol. The molecule has 2 atom stereocenters. The number of piperidine rings is 1. The van der Waals surface area contributed by atoms with Crippen molar-refractivity contribution in [1.82, 2.24) is 14.7 Å². The SMILES string of the molecule is COc1cc(OC(N)=O)c(Cl)cc1-c1nn(C2CC3CCC(C2)N3C)c(=O)o1. The lowest BCUT2D eigenvalue weighted by atomic mass is 9.98. The maximum Gasteiger partial charge on any atom is 0.437 e. The fourth-order valence-corrected chi connectivity index (χ4v) is 4.47. The van der Waals surface area contributed by atoms with Gasteiger partial charge in [-0.25, -0.2) is 9.59 Å². The van der Waals surface area contributed by atoms with Gasteiger partial charge >= 0.3 is 11.8 Å². The summed E-state index contributed by atoms with van der Waals surface area (Å²) in [4.78, 5) is 25.9. The second-order valence-corrected chi connectivity index (χ2v) is 7.60. The summed E-state index contributed by atoms with van der Waals surface area (Å²) < 4.78 is 17.0. The molecule has 0 radical (unpaired) electrons. The third-order valence-electron chi connectivity index (χ3n) is 5.68. The minimum atomic E-state index is -0.996. The predicted octanol–water partition coefficient (Wildman–Crippen LogP) is 2.42. The van der Waals surface area contributed by atoms with Gasteiger partial charge in [-0.05, 0) is 38.8 Å². The molecule has 1 amide bonds. The maximum absolute atomic E-state index is 12.5. The van der Waals surface area contributed by atoms with Crippen LogP contribution < -0.4 is 21.0 Å². The second kappa shape index (κ2) is 7.14. The number of methoxy groups -OCH3 is 1. The molecule has 3 heterocycles. The number of primary amides is 1. The molecule has 1 aromatic carbocycles. The van der Waals surface area contributed by atoms with E-state index in [0.29, 0.717) is 17.6 Å². The van der Waals surface area contributed by atoms with Crippen molar-refractivity contribution in [3.05, 3.63) is 27.7 Å². The van der Waals surface area contributed by atoms with Crippen LogP contribution in [0.15, 0.2) is 21.3 Å². The van der Waals surface area contributed by atoms with Crippen molar-refractivity contribution >= 4 is 17.7 Å². The Kier molecular flexibility index (Phi) is 4.80. The molecule has 0 spiro atoms. The van der Waals surface area contributed by atoms with Crippen molar-refractivity contribution < 1.29 is 18.7 Å². The van der Waals surface area contributed by atoms with Gasteiger partial charge in [0.15, 0.2) is 5.75 Å². The van der Waals surface area contributed by atoms with Crippen molar-refractivity contribution in [2.24, 2.45) is 5.73 Å². The number of hydrogen-bond acceptors (Lipinski definition) is 7. The summed E-state index contributed by atoms with van der Waals surface area (Å²) in [6.07, 6.45) is 3.01. The van der Waals surface area contributed by atoms with Crippen LogP contribution in [0, 0.1) is 0 Å². The predicted molar refractivity (Wildman–Crippen MR) is 101 cm³/mol. The summed E-state index contributed by atoms with van der Waals surface area (Å²) in [7, 11) is 3.57. The number of nitrogens with two attached hydrogens (primary N) is 1. The number of hydrogen-bond donors (Lipinski definition) is 1. The lowest BCUT2D eigenvalue weighted by molar-refractivity contribution is 0.128. The first-order valence-corrected chi connectivity index (χ1v) is 9.42. The van der Waals surface area contributed by atoms with Crippen LogP contribution in [0.2, 0.25) is 5.02 Å². The molecule has 150 valence electrons. The zero-order chi connectivity index (χ0) is 20.0. The van der Waals surface area contributed by atoms with E-state index in [2.05, 4.69) is 17.0 Å². The number of benzene rings is 1. The average molecular weight is 409 g/mol. The van der Waals surface area contributed by atoms with Crippen molar-refractivity contribution in [3.8, 4) is 23.0 Å². The third kappa shape index (κ3) is 3.24. The average Bonchev–Trinajstić information content (AvgIpc) is 3.10. The van der Waals surface area contributed by atoms with Crippen LogP contribution in [0.3, 0.4) is 0 Å². The highest BCUT2D eigenvalue weighted by Gasteiger charge is 2.40. The number of fused-ring (bicyclic) bond motifs is 2. The molecule has 2 N–H and O–H groups in total. The quantitative estimate of drug-likeness (QED) is 0.826. The van der Waals surface area contributed by atoms with E-state index in [1.165, 1.54) is 23.9 Å². The first kappa shape index (κ1) is 18.8. The number of nitrogens with zero attached hydrogens (tertiary/aromatic N) is 3. The number of ether oxygens (including phenoxy) is 2. The van der Waals surface area contributed by atoms with Gasteiger partial charge in [-0.1, -0.05) is 11.6 Å². The number of halogens is 1. The fourth-order valence-electron chi connectivity index (χ4n) is 4.27. The molecule has 28 heavy (non-hydrogen) atoms. The Morgan fingerprint density at radius 3 is 2.54 bits per heavy atom. The summed E-state index contributed by atoms with van der Waals surface area (Å²) in [5, 5.41) is 4.53. The fraction of sp³-hybridized carbons (Fsp3) is 0.500. The molecule has 2 fully saturated rings. The molecule has 2 unspecified atom stereocenters. The molecular formula is C18H21ClN4O5. The minimum Gasteiger partial charge on any atom is -0.496 e. The molecule has 2 bridgehead atoms. The van der Waals surface area contributed by atoms with Gasteiger partial charge in [0.2, 0.25) is 0 Å². The van der Waals surface area contributed by atoms with Crippen molar-refractivity contribution in [2.45, 2.75) is 43.8 Å². The van der Waals surface area contributed by atoms with Crippen LogP contribution in [0.25, 0.3) is 11.5 Å². The molecule has 10 heteroatoms. The largest absolute Gasteiger partial charge is 0.496 e. The summed E-state index contributed by atoms with van der Waals surface area (Å²) in [5.41, 5.74) is 5.42. The van der Waals surface area contributed by atoms with Crippen molar-refractivity contribution in [1.29, 1.82) is 0 Å². The van der Waals surface area contributed by atoms with E-state index >= 15 is 0 Å². The summed E-state index contributed by atoms with van der Waals surface area (Å²) >= 11 is 6.16. The normalized spacial score (nSPS) is 24.3. The van der Waals surface area contributed by atoms with Crippen LogP contribution in [0.4, 0.5) is 4.79 Å². The van der Waals surface area contributed by atoms with Crippen LogP contribution in [-0.4, -0.2) is 47.0 Å². The van der Waals surface area contributed by atoms with Gasteiger partial charge in [0, 0.05) is 18.2 Å². The second-order valence-electron chi connectivity index (χ2n) is 7.20. The van der Waals surface area contributed by atoms with E-state index in [-0.39, 0.29) is 28.5 Å². The zero-order valence-electron chi connectivity index (χ0n) is 15.6. The maximum atomic E-state index is 12.5. The van der Waals surface area contributed by atoms with E-state index in [1.807, 2.05) is 0 Å². The number of carbonyl (C=O) groups is 1. The number of aromatic nitrogens is 2.